The van der Waals surface area contributed by atoms with Gasteiger partial charge in [0.2, 0.25) is 0 Å². The van der Waals surface area contributed by atoms with Crippen molar-refractivity contribution in [2.75, 3.05) is 7.11 Å². The van der Waals surface area contributed by atoms with E-state index >= 15 is 0 Å². The molecule has 106 valence electrons. The van der Waals surface area contributed by atoms with E-state index in [0.29, 0.717) is 5.56 Å². The molecule has 0 heterocycles. The van der Waals surface area contributed by atoms with Gasteiger partial charge in [0, 0.05) is 0 Å². The molecule has 1 aromatic rings. The molecule has 19 heavy (non-hydrogen) atoms. The van der Waals surface area contributed by atoms with Gasteiger partial charge in [0.05, 0.1) is 12.7 Å². The Balaban J connectivity index is 3.15. The molecule has 5 nitrogen and oxygen atoms in total. The van der Waals surface area contributed by atoms with Crippen molar-refractivity contribution in [2.45, 2.75) is 12.4 Å². The second-order valence-corrected chi connectivity index (χ2v) is 4.99. The Hall–Kier alpha value is -1.77. The van der Waals surface area contributed by atoms with Gasteiger partial charge in [0.25, 0.3) is 0 Å². The van der Waals surface area contributed by atoms with Gasteiger partial charge in [-0.15, -0.1) is 0 Å². The fourth-order valence-electron chi connectivity index (χ4n) is 1.16. The van der Waals surface area contributed by atoms with Crippen molar-refractivity contribution in [3.8, 4) is 5.75 Å². The number of alkyl halides is 3. The smallest absolute Gasteiger partial charge is 0.465 e. The molecule has 0 atom stereocenters. The molecule has 1 rings (SSSR count). The van der Waals surface area contributed by atoms with Crippen LogP contribution in [-0.4, -0.2) is 27.0 Å². The van der Waals surface area contributed by atoms with Crippen molar-refractivity contribution in [1.82, 2.24) is 0 Å². The van der Waals surface area contributed by atoms with Gasteiger partial charge < -0.3 is 8.92 Å². The van der Waals surface area contributed by atoms with Crippen molar-refractivity contribution in [3.05, 3.63) is 29.3 Å². The van der Waals surface area contributed by atoms with E-state index in [9.17, 15) is 26.4 Å². The first-order valence-corrected chi connectivity index (χ1v) is 6.19. The number of methoxy groups -OCH3 is 1. The molecule has 0 radical (unpaired) electrons. The first kappa shape index (κ1) is 15.3. The molecular formula is C10H9F3O5S. The van der Waals surface area contributed by atoms with Gasteiger partial charge in [-0.2, -0.15) is 21.6 Å². The standard InChI is InChI=1S/C10H9F3O5S/c1-6-3-4-7(5-8(6)9(14)17-2)18-19(15,16)10(11,12)13/h3-5H,1-2H3. The quantitative estimate of drug-likeness (QED) is 0.485. The maximum Gasteiger partial charge on any atom is 0.534 e. The molecule has 0 spiro atoms. The normalized spacial score (nSPS) is 12.1. The van der Waals surface area contributed by atoms with Gasteiger partial charge in [0.1, 0.15) is 5.75 Å². The summed E-state index contributed by atoms with van der Waals surface area (Å²) in [5.74, 6) is -1.43. The molecule has 1 aromatic carbocycles. The van der Waals surface area contributed by atoms with Crippen molar-refractivity contribution in [2.24, 2.45) is 0 Å². The minimum Gasteiger partial charge on any atom is -0.465 e. The Morgan fingerprint density at radius 3 is 2.32 bits per heavy atom. The number of halogens is 3. The number of ether oxygens (including phenoxy) is 1. The first-order valence-electron chi connectivity index (χ1n) is 4.78. The minimum atomic E-state index is -5.76. The topological polar surface area (TPSA) is 69.7 Å². The van der Waals surface area contributed by atoms with E-state index in [4.69, 9.17) is 0 Å². The summed E-state index contributed by atoms with van der Waals surface area (Å²) in [7, 11) is -4.68. The largest absolute Gasteiger partial charge is 0.534 e. The van der Waals surface area contributed by atoms with E-state index in [1.54, 1.807) is 0 Å². The molecule has 0 aliphatic heterocycles. The van der Waals surface area contributed by atoms with Gasteiger partial charge in [0.15, 0.2) is 0 Å². The molecule has 0 aliphatic carbocycles. The van der Waals surface area contributed by atoms with E-state index in [2.05, 4.69) is 8.92 Å². The lowest BCUT2D eigenvalue weighted by molar-refractivity contribution is -0.0500. The third-order valence-corrected chi connectivity index (χ3v) is 3.08. The highest BCUT2D eigenvalue weighted by Gasteiger charge is 2.48. The Morgan fingerprint density at radius 2 is 1.84 bits per heavy atom. The Morgan fingerprint density at radius 1 is 1.26 bits per heavy atom. The van der Waals surface area contributed by atoms with Crippen LogP contribution in [0.5, 0.6) is 5.75 Å². The molecule has 0 unspecified atom stereocenters. The van der Waals surface area contributed by atoms with E-state index in [-0.39, 0.29) is 5.56 Å². The van der Waals surface area contributed by atoms with Crippen LogP contribution in [0.15, 0.2) is 18.2 Å². The zero-order valence-corrected chi connectivity index (χ0v) is 10.6. The molecular weight excluding hydrogens is 289 g/mol. The van der Waals surface area contributed by atoms with Gasteiger partial charge in [-0.05, 0) is 24.6 Å². The number of hydrogen-bond donors (Lipinski definition) is 0. The number of aryl methyl sites for hydroxylation is 1. The molecule has 0 amide bonds. The van der Waals surface area contributed by atoms with Crippen LogP contribution in [0.25, 0.3) is 0 Å². The molecule has 0 N–H and O–H groups in total. The summed E-state index contributed by atoms with van der Waals surface area (Å²) in [5.41, 5.74) is -5.22. The van der Waals surface area contributed by atoms with Gasteiger partial charge in [-0.1, -0.05) is 6.07 Å². The van der Waals surface area contributed by atoms with Gasteiger partial charge in [-0.25, -0.2) is 4.79 Å². The summed E-state index contributed by atoms with van der Waals surface area (Å²) in [4.78, 5) is 11.3. The lowest BCUT2D eigenvalue weighted by Gasteiger charge is -2.11. The highest BCUT2D eigenvalue weighted by atomic mass is 32.2. The van der Waals surface area contributed by atoms with E-state index in [1.807, 2.05) is 0 Å². The zero-order chi connectivity index (χ0) is 14.8. The average molecular weight is 298 g/mol. The second kappa shape index (κ2) is 5.08. The molecule has 0 saturated carbocycles. The maximum atomic E-state index is 12.1. The summed E-state index contributed by atoms with van der Waals surface area (Å²) < 4.78 is 66.2. The first-order chi connectivity index (χ1) is 8.58. The third kappa shape index (κ3) is 3.37. The van der Waals surface area contributed by atoms with E-state index in [1.165, 1.54) is 13.0 Å². The number of carbonyl (C=O) groups is 1. The molecule has 0 bridgehead atoms. The van der Waals surface area contributed by atoms with Crippen LogP contribution in [0, 0.1) is 6.92 Å². The molecule has 0 fully saturated rings. The van der Waals surface area contributed by atoms with Crippen LogP contribution in [0.1, 0.15) is 15.9 Å². The number of rotatable bonds is 3. The van der Waals surface area contributed by atoms with Crippen molar-refractivity contribution >= 4 is 16.1 Å². The predicted octanol–water partition coefficient (Wildman–Crippen LogP) is 2.01. The molecule has 0 saturated heterocycles. The van der Waals surface area contributed by atoms with Crippen LogP contribution in [0.3, 0.4) is 0 Å². The predicted molar refractivity (Wildman–Crippen MR) is 58.1 cm³/mol. The summed E-state index contributed by atoms with van der Waals surface area (Å²) >= 11 is 0. The van der Waals surface area contributed by atoms with Crippen LogP contribution >= 0.6 is 0 Å². The summed E-state index contributed by atoms with van der Waals surface area (Å²) in [6.07, 6.45) is 0. The fraction of sp³-hybridized carbons (Fsp3) is 0.300. The average Bonchev–Trinajstić information content (AvgIpc) is 2.29. The Bertz CT molecular complexity index is 592. The van der Waals surface area contributed by atoms with Crippen molar-refractivity contribution in [3.63, 3.8) is 0 Å². The highest BCUT2D eigenvalue weighted by molar-refractivity contribution is 7.88. The van der Waals surface area contributed by atoms with Gasteiger partial charge in [-0.3, -0.25) is 0 Å². The monoisotopic (exact) mass is 298 g/mol. The SMILES string of the molecule is COC(=O)c1cc(OS(=O)(=O)C(F)(F)F)ccc1C. The highest BCUT2D eigenvalue weighted by Crippen LogP contribution is 2.28. The van der Waals surface area contributed by atoms with Crippen LogP contribution < -0.4 is 4.18 Å². The van der Waals surface area contributed by atoms with E-state index in [0.717, 1.165) is 19.2 Å². The van der Waals surface area contributed by atoms with Crippen LogP contribution in [0.2, 0.25) is 0 Å². The van der Waals surface area contributed by atoms with Crippen molar-refractivity contribution < 1.29 is 35.3 Å². The van der Waals surface area contributed by atoms with Crippen LogP contribution in [-0.2, 0) is 14.9 Å². The Labute approximate surface area is 107 Å². The van der Waals surface area contributed by atoms with Crippen molar-refractivity contribution in [1.29, 1.82) is 0 Å². The summed E-state index contributed by atoms with van der Waals surface area (Å²) in [6.45, 7) is 1.51. The molecule has 9 heteroatoms. The number of benzene rings is 1. The zero-order valence-electron chi connectivity index (χ0n) is 9.82. The second-order valence-electron chi connectivity index (χ2n) is 3.45. The van der Waals surface area contributed by atoms with E-state index < -0.39 is 27.3 Å². The number of hydrogen-bond acceptors (Lipinski definition) is 5. The number of carbonyl (C=O) groups excluding carboxylic acids is 1. The lowest BCUT2D eigenvalue weighted by atomic mass is 10.1. The maximum absolute atomic E-state index is 12.1. The van der Waals surface area contributed by atoms with Gasteiger partial charge >= 0.3 is 21.6 Å². The number of esters is 1. The summed E-state index contributed by atoms with van der Waals surface area (Å²) in [6, 6.07) is 3.11. The lowest BCUT2D eigenvalue weighted by Crippen LogP contribution is -2.28. The van der Waals surface area contributed by atoms with Crippen LogP contribution in [0.4, 0.5) is 13.2 Å². The summed E-state index contributed by atoms with van der Waals surface area (Å²) in [5, 5.41) is 0. The molecule has 0 aliphatic rings. The molecule has 0 aromatic heterocycles. The minimum absolute atomic E-state index is 0.0858. The Kier molecular flexibility index (Phi) is 4.09. The third-order valence-electron chi connectivity index (χ3n) is 2.10. The fourth-order valence-corrected chi connectivity index (χ4v) is 1.61.